The zero-order valence-corrected chi connectivity index (χ0v) is 15.4. The summed E-state index contributed by atoms with van der Waals surface area (Å²) in [5, 5.41) is 3.43. The Morgan fingerprint density at radius 1 is 1.00 bits per heavy atom. The van der Waals surface area contributed by atoms with Gasteiger partial charge in [0.15, 0.2) is 5.78 Å². The molecule has 120 valence electrons. The Morgan fingerprint density at radius 3 is 2.38 bits per heavy atom. The first-order valence-electron chi connectivity index (χ1n) is 8.25. The summed E-state index contributed by atoms with van der Waals surface area (Å²) in [7, 11) is -0.0402. The van der Waals surface area contributed by atoms with Gasteiger partial charge in [-0.25, -0.2) is 0 Å². The quantitative estimate of drug-likeness (QED) is 0.790. The van der Waals surface area contributed by atoms with Crippen LogP contribution in [0.2, 0.25) is 19.6 Å². The lowest BCUT2D eigenvalue weighted by Gasteiger charge is -2.28. The Balaban J connectivity index is 2.22. The maximum absolute atomic E-state index is 13.2. The fourth-order valence-corrected chi connectivity index (χ4v) is 6.13. The molecular weight excluding hydrogens is 312 g/mol. The summed E-state index contributed by atoms with van der Waals surface area (Å²) in [6, 6.07) is 14.0. The normalized spacial score (nSPS) is 18.3. The minimum atomic E-state index is -1.73. The van der Waals surface area contributed by atoms with Gasteiger partial charge in [-0.15, -0.1) is 5.73 Å². The van der Waals surface area contributed by atoms with Crippen molar-refractivity contribution in [2.24, 2.45) is 5.92 Å². The lowest BCUT2D eigenvalue weighted by atomic mass is 9.93. The monoisotopic (exact) mass is 332 g/mol. The molecule has 0 spiro atoms. The van der Waals surface area contributed by atoms with Crippen LogP contribution in [0.3, 0.4) is 0 Å². The molecule has 2 aliphatic rings. The first-order chi connectivity index (χ1) is 11.4. The molecule has 0 fully saturated rings. The van der Waals surface area contributed by atoms with Gasteiger partial charge >= 0.3 is 0 Å². The molecule has 0 radical (unpaired) electrons. The molecule has 0 saturated heterocycles. The van der Waals surface area contributed by atoms with E-state index in [2.05, 4.69) is 31.4 Å². The van der Waals surface area contributed by atoms with Gasteiger partial charge in [-0.2, -0.15) is 0 Å². The number of hydrogen-bond donors (Lipinski definition) is 0. The van der Waals surface area contributed by atoms with Crippen LogP contribution in [-0.4, -0.2) is 21.0 Å². The molecule has 0 aliphatic heterocycles. The van der Waals surface area contributed by atoms with Gasteiger partial charge in [0, 0.05) is 11.1 Å². The standard InChI is InChI=1S/C21H20O2Si/c1-23-18-11-7-10-15-16(18)12-17-13-8-5-6-9-14(13)20(22)19(17)21(15)24(2,3)4/h5-11,19H,1-4H3. The van der Waals surface area contributed by atoms with E-state index in [4.69, 9.17) is 4.74 Å². The van der Waals surface area contributed by atoms with Crippen molar-refractivity contribution in [2.75, 3.05) is 7.11 Å². The molecule has 2 aromatic carbocycles. The summed E-state index contributed by atoms with van der Waals surface area (Å²) in [6.45, 7) is 6.93. The van der Waals surface area contributed by atoms with Crippen LogP contribution >= 0.6 is 0 Å². The summed E-state index contributed by atoms with van der Waals surface area (Å²) in [6.07, 6.45) is 0. The molecule has 2 aliphatic carbocycles. The molecule has 2 aromatic rings. The average molecular weight is 332 g/mol. The van der Waals surface area contributed by atoms with Gasteiger partial charge in [-0.3, -0.25) is 4.79 Å². The largest absolute Gasteiger partial charge is 0.495 e. The lowest BCUT2D eigenvalue weighted by Crippen LogP contribution is -2.42. The number of fused-ring (bicyclic) bond motifs is 4. The van der Waals surface area contributed by atoms with E-state index in [1.54, 1.807) is 7.11 Å². The minimum absolute atomic E-state index is 0.173. The molecule has 1 unspecified atom stereocenters. The van der Waals surface area contributed by atoms with E-state index in [0.29, 0.717) is 0 Å². The Hall–Kier alpha value is -2.35. The summed E-state index contributed by atoms with van der Waals surface area (Å²) in [5.41, 5.74) is 6.41. The summed E-state index contributed by atoms with van der Waals surface area (Å²) in [4.78, 5) is 13.2. The molecule has 3 heteroatoms. The van der Waals surface area contributed by atoms with Gasteiger partial charge in [0.05, 0.1) is 26.3 Å². The van der Waals surface area contributed by atoms with E-state index in [0.717, 1.165) is 32.9 Å². The van der Waals surface area contributed by atoms with Gasteiger partial charge in [-0.1, -0.05) is 61.2 Å². The fraction of sp³-hybridized carbons (Fsp3) is 0.238. The Morgan fingerprint density at radius 2 is 1.71 bits per heavy atom. The number of benzene rings is 2. The van der Waals surface area contributed by atoms with Crippen molar-refractivity contribution in [3.63, 3.8) is 0 Å². The van der Waals surface area contributed by atoms with Crippen LogP contribution in [0.4, 0.5) is 0 Å². The first kappa shape index (κ1) is 15.2. The van der Waals surface area contributed by atoms with Gasteiger partial charge < -0.3 is 4.74 Å². The molecule has 0 N–H and O–H groups in total. The summed E-state index contributed by atoms with van der Waals surface area (Å²) < 4.78 is 5.58. The van der Waals surface area contributed by atoms with Crippen LogP contribution < -0.4 is 15.2 Å². The van der Waals surface area contributed by atoms with Crippen LogP contribution in [0.5, 0.6) is 5.75 Å². The zero-order valence-electron chi connectivity index (χ0n) is 14.4. The van der Waals surface area contributed by atoms with Crippen LogP contribution in [-0.2, 0) is 0 Å². The van der Waals surface area contributed by atoms with Crippen LogP contribution in [0.1, 0.15) is 15.9 Å². The van der Waals surface area contributed by atoms with Crippen molar-refractivity contribution in [1.29, 1.82) is 0 Å². The molecule has 0 saturated carbocycles. The molecule has 0 aromatic heterocycles. The predicted molar refractivity (Wildman–Crippen MR) is 100 cm³/mol. The highest BCUT2D eigenvalue weighted by atomic mass is 28.3. The number of carbonyl (C=O) groups excluding carboxylic acids is 1. The average Bonchev–Trinajstić information content (AvgIpc) is 2.84. The highest BCUT2D eigenvalue weighted by Crippen LogP contribution is 2.44. The van der Waals surface area contributed by atoms with E-state index < -0.39 is 8.07 Å². The van der Waals surface area contributed by atoms with Crippen LogP contribution in [0, 0.1) is 5.92 Å². The third-order valence-corrected chi connectivity index (χ3v) is 7.10. The third kappa shape index (κ3) is 1.99. The number of allylic oxidation sites excluding steroid dienone is 1. The van der Waals surface area contributed by atoms with Gasteiger partial charge in [0.1, 0.15) is 5.75 Å². The number of carbonyl (C=O) groups is 1. The number of hydrogen-bond acceptors (Lipinski definition) is 2. The molecule has 4 rings (SSSR count). The number of rotatable bonds is 2. The van der Waals surface area contributed by atoms with E-state index in [1.165, 1.54) is 5.20 Å². The van der Waals surface area contributed by atoms with Crippen molar-refractivity contribution in [3.8, 4) is 5.75 Å². The maximum Gasteiger partial charge on any atom is 0.175 e. The molecule has 24 heavy (non-hydrogen) atoms. The zero-order chi connectivity index (χ0) is 17.1. The topological polar surface area (TPSA) is 26.3 Å². The minimum Gasteiger partial charge on any atom is -0.495 e. The SMILES string of the molecule is COc1cccc2c1=C=C1c3ccccc3C(=O)C1C=2[Si](C)(C)C. The molecule has 1 atom stereocenters. The second-order valence-electron chi connectivity index (χ2n) is 7.43. The highest BCUT2D eigenvalue weighted by molar-refractivity contribution is 6.93. The lowest BCUT2D eigenvalue weighted by molar-refractivity contribution is 0.0980. The van der Waals surface area contributed by atoms with Crippen molar-refractivity contribution in [3.05, 3.63) is 64.0 Å². The van der Waals surface area contributed by atoms with E-state index in [9.17, 15) is 4.79 Å². The first-order valence-corrected chi connectivity index (χ1v) is 11.8. The molecular formula is C21H20O2Si. The van der Waals surface area contributed by atoms with Crippen molar-refractivity contribution >= 4 is 30.4 Å². The molecule has 0 heterocycles. The number of methoxy groups -OCH3 is 1. The number of ketones is 1. The van der Waals surface area contributed by atoms with Crippen molar-refractivity contribution < 1.29 is 9.53 Å². The smallest absolute Gasteiger partial charge is 0.175 e. The van der Waals surface area contributed by atoms with E-state index in [1.807, 2.05) is 36.4 Å². The van der Waals surface area contributed by atoms with Crippen LogP contribution in [0.15, 0.2) is 42.5 Å². The Kier molecular flexibility index (Phi) is 3.21. The number of ether oxygens (including phenoxy) is 1. The van der Waals surface area contributed by atoms with Gasteiger partial charge in [0.2, 0.25) is 0 Å². The van der Waals surface area contributed by atoms with E-state index in [-0.39, 0.29) is 11.7 Å². The van der Waals surface area contributed by atoms with Crippen LogP contribution in [0.25, 0.3) is 16.5 Å². The summed E-state index contributed by atoms with van der Waals surface area (Å²) >= 11 is 0. The second kappa shape index (κ2) is 5.07. The van der Waals surface area contributed by atoms with Gasteiger partial charge in [0.25, 0.3) is 0 Å². The Labute approximate surface area is 142 Å². The van der Waals surface area contributed by atoms with Gasteiger partial charge in [-0.05, 0) is 16.8 Å². The fourth-order valence-electron chi connectivity index (χ4n) is 3.97. The molecule has 0 amide bonds. The van der Waals surface area contributed by atoms with Crippen molar-refractivity contribution in [2.45, 2.75) is 19.6 Å². The molecule has 2 nitrogen and oxygen atoms in total. The van der Waals surface area contributed by atoms with Crippen molar-refractivity contribution in [1.82, 2.24) is 0 Å². The Bertz CT molecular complexity index is 1030. The second-order valence-corrected chi connectivity index (χ2v) is 12.5. The maximum atomic E-state index is 13.2. The van der Waals surface area contributed by atoms with E-state index >= 15 is 0 Å². The highest BCUT2D eigenvalue weighted by Gasteiger charge is 2.42. The number of Topliss-reactive ketones (excluding diaryl/α,β-unsaturated/α-hetero) is 1. The predicted octanol–water partition coefficient (Wildman–Crippen LogP) is 3.01. The summed E-state index contributed by atoms with van der Waals surface area (Å²) in [5.74, 6) is 0.874. The third-order valence-electron chi connectivity index (χ3n) is 4.93. The molecule has 0 bridgehead atoms.